The van der Waals surface area contributed by atoms with E-state index in [0.29, 0.717) is 19.0 Å². The van der Waals surface area contributed by atoms with Crippen molar-refractivity contribution < 1.29 is 13.5 Å². The Balaban J connectivity index is 1.37. The Morgan fingerprint density at radius 3 is 2.92 bits per heavy atom. The van der Waals surface area contributed by atoms with Crippen molar-refractivity contribution in [2.45, 2.75) is 19.2 Å². The first-order valence-electron chi connectivity index (χ1n) is 8.28. The zero-order valence-electron chi connectivity index (χ0n) is 13.7. The van der Waals surface area contributed by atoms with Gasteiger partial charge in [0.2, 0.25) is 5.89 Å². The largest absolute Gasteiger partial charge is 0.444 e. The molecule has 0 unspecified atom stereocenters. The van der Waals surface area contributed by atoms with Crippen molar-refractivity contribution in [2.24, 2.45) is 0 Å². The van der Waals surface area contributed by atoms with Crippen molar-refractivity contribution in [1.82, 2.24) is 19.7 Å². The summed E-state index contributed by atoms with van der Waals surface area (Å²) in [6, 6.07) is 8.05. The number of nitrogens with zero attached hydrogens (tertiary/aromatic N) is 4. The standard InChI is InChI=1S/C18H19FN4O2/c19-15-4-2-14(3-5-15)18-21-16(13-25-18)10-22-8-9-24-17(11-22)12-23-7-1-6-20-23/h1-7,13,17H,8-12H2/t17-/m0/s1. The van der Waals surface area contributed by atoms with Gasteiger partial charge in [0.05, 0.1) is 24.9 Å². The van der Waals surface area contributed by atoms with Gasteiger partial charge in [-0.25, -0.2) is 9.37 Å². The van der Waals surface area contributed by atoms with Crippen molar-refractivity contribution in [1.29, 1.82) is 0 Å². The van der Waals surface area contributed by atoms with Gasteiger partial charge in [-0.2, -0.15) is 5.10 Å². The third-order valence-corrected chi connectivity index (χ3v) is 4.20. The quantitative estimate of drug-likeness (QED) is 0.713. The van der Waals surface area contributed by atoms with Gasteiger partial charge in [0.1, 0.15) is 12.1 Å². The van der Waals surface area contributed by atoms with Crippen molar-refractivity contribution >= 4 is 0 Å². The minimum atomic E-state index is -0.271. The third kappa shape index (κ3) is 3.94. The summed E-state index contributed by atoms with van der Waals surface area (Å²) in [6.07, 6.45) is 5.48. The molecule has 0 spiro atoms. The van der Waals surface area contributed by atoms with Crippen molar-refractivity contribution in [3.05, 3.63) is 60.5 Å². The van der Waals surface area contributed by atoms with Gasteiger partial charge >= 0.3 is 0 Å². The molecule has 3 aromatic rings. The maximum absolute atomic E-state index is 13.0. The zero-order chi connectivity index (χ0) is 17.1. The lowest BCUT2D eigenvalue weighted by molar-refractivity contribution is -0.0405. The Kier molecular flexibility index (Phi) is 4.58. The molecule has 1 aromatic carbocycles. The first-order chi connectivity index (χ1) is 12.3. The molecule has 0 aliphatic carbocycles. The Morgan fingerprint density at radius 2 is 2.12 bits per heavy atom. The first-order valence-corrected chi connectivity index (χ1v) is 8.28. The van der Waals surface area contributed by atoms with E-state index in [-0.39, 0.29) is 11.9 Å². The van der Waals surface area contributed by atoms with Crippen LogP contribution in [0.25, 0.3) is 11.5 Å². The lowest BCUT2D eigenvalue weighted by Gasteiger charge is -2.32. The molecule has 130 valence electrons. The van der Waals surface area contributed by atoms with Gasteiger partial charge in [-0.3, -0.25) is 9.58 Å². The zero-order valence-corrected chi connectivity index (χ0v) is 13.7. The van der Waals surface area contributed by atoms with E-state index in [0.717, 1.165) is 30.9 Å². The number of oxazole rings is 1. The third-order valence-electron chi connectivity index (χ3n) is 4.20. The van der Waals surface area contributed by atoms with Crippen molar-refractivity contribution in [2.75, 3.05) is 19.7 Å². The number of hydrogen-bond donors (Lipinski definition) is 0. The van der Waals surface area contributed by atoms with Gasteiger partial charge in [0.15, 0.2) is 0 Å². The van der Waals surface area contributed by atoms with E-state index in [1.165, 1.54) is 12.1 Å². The molecule has 1 saturated heterocycles. The van der Waals surface area contributed by atoms with E-state index in [1.54, 1.807) is 24.6 Å². The molecule has 0 amide bonds. The normalized spacial score (nSPS) is 18.5. The fourth-order valence-corrected chi connectivity index (χ4v) is 2.99. The second-order valence-electron chi connectivity index (χ2n) is 6.11. The average molecular weight is 342 g/mol. The summed E-state index contributed by atoms with van der Waals surface area (Å²) < 4.78 is 26.3. The van der Waals surface area contributed by atoms with E-state index >= 15 is 0 Å². The molecule has 25 heavy (non-hydrogen) atoms. The summed E-state index contributed by atoms with van der Waals surface area (Å²) in [5.41, 5.74) is 1.63. The molecule has 4 rings (SSSR count). The van der Waals surface area contributed by atoms with Crippen molar-refractivity contribution in [3.8, 4) is 11.5 Å². The molecular formula is C18H19FN4O2. The summed E-state index contributed by atoms with van der Waals surface area (Å²) in [6.45, 7) is 3.80. The van der Waals surface area contributed by atoms with Gasteiger partial charge in [0.25, 0.3) is 0 Å². The van der Waals surface area contributed by atoms with Crippen LogP contribution in [0.5, 0.6) is 0 Å². The molecule has 0 bridgehead atoms. The highest BCUT2D eigenvalue weighted by Crippen LogP contribution is 2.20. The number of aromatic nitrogens is 3. The monoisotopic (exact) mass is 342 g/mol. The molecule has 7 heteroatoms. The van der Waals surface area contributed by atoms with Crippen LogP contribution in [0.4, 0.5) is 4.39 Å². The maximum Gasteiger partial charge on any atom is 0.226 e. The van der Waals surface area contributed by atoms with Gasteiger partial charge in [-0.15, -0.1) is 0 Å². The molecule has 1 fully saturated rings. The summed E-state index contributed by atoms with van der Waals surface area (Å²) in [5.74, 6) is 0.239. The molecule has 6 nitrogen and oxygen atoms in total. The first kappa shape index (κ1) is 16.0. The van der Waals surface area contributed by atoms with Crippen LogP contribution in [0, 0.1) is 5.82 Å². The van der Waals surface area contributed by atoms with Crippen LogP contribution in [-0.2, 0) is 17.8 Å². The maximum atomic E-state index is 13.0. The lowest BCUT2D eigenvalue weighted by Crippen LogP contribution is -2.43. The van der Waals surface area contributed by atoms with Crippen LogP contribution in [-0.4, -0.2) is 45.5 Å². The van der Waals surface area contributed by atoms with Crippen LogP contribution in [0.2, 0.25) is 0 Å². The van der Waals surface area contributed by atoms with Crippen LogP contribution in [0.3, 0.4) is 0 Å². The van der Waals surface area contributed by atoms with E-state index in [1.807, 2.05) is 16.9 Å². The fourth-order valence-electron chi connectivity index (χ4n) is 2.99. The second-order valence-corrected chi connectivity index (χ2v) is 6.11. The van der Waals surface area contributed by atoms with Gasteiger partial charge < -0.3 is 9.15 Å². The van der Waals surface area contributed by atoms with Crippen LogP contribution >= 0.6 is 0 Å². The summed E-state index contributed by atoms with van der Waals surface area (Å²) in [5, 5.41) is 4.23. The highest BCUT2D eigenvalue weighted by Gasteiger charge is 2.22. The fraction of sp³-hybridized carbons (Fsp3) is 0.333. The van der Waals surface area contributed by atoms with E-state index in [4.69, 9.17) is 9.15 Å². The molecule has 1 aliphatic rings. The molecule has 1 aliphatic heterocycles. The minimum Gasteiger partial charge on any atom is -0.444 e. The van der Waals surface area contributed by atoms with E-state index < -0.39 is 0 Å². The number of ether oxygens (including phenoxy) is 1. The topological polar surface area (TPSA) is 56.3 Å². The summed E-state index contributed by atoms with van der Waals surface area (Å²) >= 11 is 0. The number of benzene rings is 1. The van der Waals surface area contributed by atoms with E-state index in [9.17, 15) is 4.39 Å². The number of morpholine rings is 1. The van der Waals surface area contributed by atoms with Gasteiger partial charge in [0, 0.05) is 37.6 Å². The van der Waals surface area contributed by atoms with Crippen molar-refractivity contribution in [3.63, 3.8) is 0 Å². The molecule has 2 aromatic heterocycles. The Bertz CT molecular complexity index is 801. The van der Waals surface area contributed by atoms with Gasteiger partial charge in [-0.1, -0.05) is 0 Å². The number of hydrogen-bond acceptors (Lipinski definition) is 5. The lowest BCUT2D eigenvalue weighted by atomic mass is 10.2. The predicted octanol–water partition coefficient (Wildman–Crippen LogP) is 2.58. The molecule has 1 atom stereocenters. The summed E-state index contributed by atoms with van der Waals surface area (Å²) in [7, 11) is 0. The molecule has 0 radical (unpaired) electrons. The van der Waals surface area contributed by atoms with Crippen LogP contribution in [0.1, 0.15) is 5.69 Å². The van der Waals surface area contributed by atoms with E-state index in [2.05, 4.69) is 15.0 Å². The molecule has 0 saturated carbocycles. The minimum absolute atomic E-state index is 0.108. The average Bonchev–Trinajstić information content (AvgIpc) is 3.28. The molecule has 3 heterocycles. The predicted molar refractivity (Wildman–Crippen MR) is 89.1 cm³/mol. The highest BCUT2D eigenvalue weighted by atomic mass is 19.1. The Labute approximate surface area is 144 Å². The molecule has 0 N–H and O–H groups in total. The van der Waals surface area contributed by atoms with Crippen LogP contribution in [0.15, 0.2) is 53.4 Å². The van der Waals surface area contributed by atoms with Gasteiger partial charge in [-0.05, 0) is 30.3 Å². The smallest absolute Gasteiger partial charge is 0.226 e. The second kappa shape index (κ2) is 7.16. The highest BCUT2D eigenvalue weighted by molar-refractivity contribution is 5.52. The molecular weight excluding hydrogens is 323 g/mol. The Morgan fingerprint density at radius 1 is 1.24 bits per heavy atom. The van der Waals surface area contributed by atoms with Crippen LogP contribution < -0.4 is 0 Å². The number of rotatable bonds is 5. The Hall–Kier alpha value is -2.51. The SMILES string of the molecule is Fc1ccc(-c2nc(CN3CCO[C@H](Cn4cccn4)C3)co2)cc1. The summed E-state index contributed by atoms with van der Waals surface area (Å²) in [4.78, 5) is 6.81. The number of halogens is 1.